The molecule has 0 bridgehead atoms. The molecule has 0 atom stereocenters. The predicted octanol–water partition coefficient (Wildman–Crippen LogP) is 4.58. The van der Waals surface area contributed by atoms with Crippen LogP contribution in [0.15, 0.2) is 18.2 Å². The van der Waals surface area contributed by atoms with Crippen LogP contribution in [0.2, 0.25) is 0 Å². The SMILES string of the molecule is Cc1nc(=S)c(C)c(-c2ccc(C(F)(F)F)c(F)c2)[nH]1. The van der Waals surface area contributed by atoms with Crippen LogP contribution >= 0.6 is 12.2 Å². The fourth-order valence-corrected chi connectivity index (χ4v) is 2.07. The fourth-order valence-electron chi connectivity index (χ4n) is 1.83. The van der Waals surface area contributed by atoms with Crippen LogP contribution in [0.4, 0.5) is 17.6 Å². The minimum absolute atomic E-state index is 0.296. The number of aromatic amines is 1. The van der Waals surface area contributed by atoms with Gasteiger partial charge in [-0.05, 0) is 26.0 Å². The van der Waals surface area contributed by atoms with E-state index in [-0.39, 0.29) is 0 Å². The largest absolute Gasteiger partial charge is 0.419 e. The molecule has 0 saturated carbocycles. The number of hydrogen-bond donors (Lipinski definition) is 1. The zero-order valence-corrected chi connectivity index (χ0v) is 11.4. The van der Waals surface area contributed by atoms with E-state index in [9.17, 15) is 17.6 Å². The maximum Gasteiger partial charge on any atom is 0.419 e. The summed E-state index contributed by atoms with van der Waals surface area (Å²) in [5.41, 5.74) is 0.0627. The average molecular weight is 302 g/mol. The predicted molar refractivity (Wildman–Crippen MR) is 69.3 cm³/mol. The lowest BCUT2D eigenvalue weighted by atomic mass is 10.0. The van der Waals surface area contributed by atoms with Crippen molar-refractivity contribution in [2.24, 2.45) is 0 Å². The number of aryl methyl sites for hydroxylation is 1. The summed E-state index contributed by atoms with van der Waals surface area (Å²) in [5.74, 6) is -0.806. The van der Waals surface area contributed by atoms with Crippen molar-refractivity contribution in [2.45, 2.75) is 20.0 Å². The van der Waals surface area contributed by atoms with E-state index in [1.165, 1.54) is 6.07 Å². The van der Waals surface area contributed by atoms with Gasteiger partial charge < -0.3 is 4.98 Å². The van der Waals surface area contributed by atoms with Gasteiger partial charge in [0.2, 0.25) is 0 Å². The third kappa shape index (κ3) is 2.72. The number of benzene rings is 1. The molecule has 2 aromatic rings. The Kier molecular flexibility index (Phi) is 3.64. The van der Waals surface area contributed by atoms with Gasteiger partial charge in [0.05, 0.1) is 11.3 Å². The molecule has 0 spiro atoms. The lowest BCUT2D eigenvalue weighted by Gasteiger charge is -2.11. The molecule has 0 aliphatic heterocycles. The van der Waals surface area contributed by atoms with Crippen molar-refractivity contribution < 1.29 is 17.6 Å². The topological polar surface area (TPSA) is 28.7 Å². The first-order chi connectivity index (χ1) is 9.20. The van der Waals surface area contributed by atoms with E-state index in [2.05, 4.69) is 9.97 Å². The summed E-state index contributed by atoms with van der Waals surface area (Å²) in [7, 11) is 0. The van der Waals surface area contributed by atoms with Crippen molar-refractivity contribution in [1.82, 2.24) is 9.97 Å². The zero-order chi connectivity index (χ0) is 15.1. The van der Waals surface area contributed by atoms with Crippen LogP contribution in [0.1, 0.15) is 17.0 Å². The molecular formula is C13H10F4N2S. The quantitative estimate of drug-likeness (QED) is 0.617. The standard InChI is InChI=1S/C13H10F4N2S/c1-6-11(18-7(2)19-12(6)20)8-3-4-9(10(14)5-8)13(15,16)17/h3-5H,1-2H3,(H,18,19,20). The Balaban J connectivity index is 2.61. The summed E-state index contributed by atoms with van der Waals surface area (Å²) in [4.78, 5) is 6.92. The van der Waals surface area contributed by atoms with E-state index in [1.807, 2.05) is 0 Å². The third-order valence-corrected chi connectivity index (χ3v) is 3.23. The van der Waals surface area contributed by atoms with Gasteiger partial charge in [0.1, 0.15) is 16.3 Å². The van der Waals surface area contributed by atoms with Gasteiger partial charge in [0.25, 0.3) is 0 Å². The summed E-state index contributed by atoms with van der Waals surface area (Å²) in [6, 6.07) is 2.77. The molecule has 20 heavy (non-hydrogen) atoms. The molecule has 2 nitrogen and oxygen atoms in total. The average Bonchev–Trinajstić information content (AvgIpc) is 2.32. The molecule has 106 valence electrons. The van der Waals surface area contributed by atoms with E-state index < -0.39 is 17.6 Å². The molecule has 1 aromatic carbocycles. The van der Waals surface area contributed by atoms with E-state index in [4.69, 9.17) is 12.2 Å². The second kappa shape index (κ2) is 4.97. The highest BCUT2D eigenvalue weighted by atomic mass is 32.1. The fraction of sp³-hybridized carbons (Fsp3) is 0.231. The molecule has 1 N–H and O–H groups in total. The van der Waals surface area contributed by atoms with Crippen LogP contribution in [0.25, 0.3) is 11.3 Å². The smallest absolute Gasteiger partial charge is 0.343 e. The molecule has 1 heterocycles. The van der Waals surface area contributed by atoms with E-state index in [0.717, 1.165) is 12.1 Å². The molecule has 0 amide bonds. The summed E-state index contributed by atoms with van der Waals surface area (Å²) >= 11 is 5.04. The Morgan fingerprint density at radius 1 is 1.20 bits per heavy atom. The summed E-state index contributed by atoms with van der Waals surface area (Å²) in [5, 5.41) is 0. The second-order valence-electron chi connectivity index (χ2n) is 4.32. The highest BCUT2D eigenvalue weighted by molar-refractivity contribution is 7.71. The Labute approximate surface area is 117 Å². The van der Waals surface area contributed by atoms with Gasteiger partial charge in [-0.25, -0.2) is 9.37 Å². The summed E-state index contributed by atoms with van der Waals surface area (Å²) in [6.07, 6.45) is -4.71. The lowest BCUT2D eigenvalue weighted by Crippen LogP contribution is -2.08. The molecule has 1 aromatic heterocycles. The molecule has 0 aliphatic carbocycles. The normalized spacial score (nSPS) is 11.7. The summed E-state index contributed by atoms with van der Waals surface area (Å²) in [6.45, 7) is 3.34. The van der Waals surface area contributed by atoms with Crippen LogP contribution < -0.4 is 0 Å². The number of alkyl halides is 3. The number of H-pyrrole nitrogens is 1. The van der Waals surface area contributed by atoms with E-state index >= 15 is 0 Å². The number of halogens is 4. The summed E-state index contributed by atoms with van der Waals surface area (Å²) < 4.78 is 51.5. The van der Waals surface area contributed by atoms with Gasteiger partial charge in [0, 0.05) is 11.1 Å². The Hall–Kier alpha value is -1.76. The van der Waals surface area contributed by atoms with Crippen molar-refractivity contribution >= 4 is 12.2 Å². The zero-order valence-electron chi connectivity index (χ0n) is 10.6. The third-order valence-electron chi connectivity index (χ3n) is 2.83. The number of nitrogens with one attached hydrogen (secondary N) is 1. The Morgan fingerprint density at radius 3 is 2.40 bits per heavy atom. The first-order valence-electron chi connectivity index (χ1n) is 5.65. The van der Waals surface area contributed by atoms with Crippen molar-refractivity contribution in [1.29, 1.82) is 0 Å². The van der Waals surface area contributed by atoms with Crippen LogP contribution in [0.5, 0.6) is 0 Å². The van der Waals surface area contributed by atoms with Gasteiger partial charge in [-0.2, -0.15) is 13.2 Å². The van der Waals surface area contributed by atoms with Crippen LogP contribution in [-0.2, 0) is 6.18 Å². The number of rotatable bonds is 1. The lowest BCUT2D eigenvalue weighted by molar-refractivity contribution is -0.139. The Bertz CT molecular complexity index is 719. The first kappa shape index (κ1) is 14.6. The Morgan fingerprint density at radius 2 is 1.85 bits per heavy atom. The van der Waals surface area contributed by atoms with E-state index in [1.54, 1.807) is 13.8 Å². The van der Waals surface area contributed by atoms with Crippen molar-refractivity contribution in [3.63, 3.8) is 0 Å². The van der Waals surface area contributed by atoms with Crippen molar-refractivity contribution in [2.75, 3.05) is 0 Å². The van der Waals surface area contributed by atoms with Gasteiger partial charge in [0.15, 0.2) is 0 Å². The molecule has 7 heteroatoms. The van der Waals surface area contributed by atoms with Crippen molar-refractivity contribution in [3.05, 3.63) is 45.6 Å². The van der Waals surface area contributed by atoms with E-state index in [0.29, 0.717) is 27.3 Å². The monoisotopic (exact) mass is 302 g/mol. The molecule has 0 radical (unpaired) electrons. The number of nitrogens with zero attached hydrogens (tertiary/aromatic N) is 1. The van der Waals surface area contributed by atoms with Crippen LogP contribution in [0.3, 0.4) is 0 Å². The van der Waals surface area contributed by atoms with Gasteiger partial charge >= 0.3 is 6.18 Å². The number of hydrogen-bond acceptors (Lipinski definition) is 2. The highest BCUT2D eigenvalue weighted by Gasteiger charge is 2.34. The van der Waals surface area contributed by atoms with Gasteiger partial charge in [-0.15, -0.1) is 0 Å². The second-order valence-corrected chi connectivity index (χ2v) is 4.71. The molecule has 0 unspecified atom stereocenters. The van der Waals surface area contributed by atoms with Crippen LogP contribution in [0, 0.1) is 24.3 Å². The highest BCUT2D eigenvalue weighted by Crippen LogP contribution is 2.33. The van der Waals surface area contributed by atoms with Gasteiger partial charge in [-0.1, -0.05) is 18.3 Å². The first-order valence-corrected chi connectivity index (χ1v) is 6.05. The molecule has 0 saturated heterocycles. The molecule has 2 rings (SSSR count). The molecule has 0 fully saturated rings. The molecular weight excluding hydrogens is 292 g/mol. The van der Waals surface area contributed by atoms with Gasteiger partial charge in [-0.3, -0.25) is 0 Å². The van der Waals surface area contributed by atoms with Crippen molar-refractivity contribution in [3.8, 4) is 11.3 Å². The maximum atomic E-state index is 13.6. The maximum absolute atomic E-state index is 13.6. The number of aromatic nitrogens is 2. The van der Waals surface area contributed by atoms with Crippen LogP contribution in [-0.4, -0.2) is 9.97 Å². The molecule has 0 aliphatic rings. The minimum atomic E-state index is -4.71. The minimum Gasteiger partial charge on any atom is -0.343 e.